The van der Waals surface area contributed by atoms with Gasteiger partial charge in [-0.05, 0) is 6.07 Å². The summed E-state index contributed by atoms with van der Waals surface area (Å²) in [5, 5.41) is 0. The summed E-state index contributed by atoms with van der Waals surface area (Å²) in [6, 6.07) is 1.94. The molecule has 54 valence electrons. The minimum atomic E-state index is 0.706. The minimum absolute atomic E-state index is 0.706. The van der Waals surface area contributed by atoms with Crippen molar-refractivity contribution >= 4 is 18.1 Å². The first-order chi connectivity index (χ1) is 5.47. The van der Waals surface area contributed by atoms with E-state index in [2.05, 4.69) is 15.0 Å². The summed E-state index contributed by atoms with van der Waals surface area (Å²) >= 11 is 0. The van der Waals surface area contributed by atoms with E-state index in [1.165, 1.54) is 0 Å². The molecule has 2 heterocycles. The zero-order chi connectivity index (χ0) is 7.52. The molecule has 0 fully saturated rings. The van der Waals surface area contributed by atoms with Crippen LogP contribution < -0.4 is 0 Å². The lowest BCUT2D eigenvalue weighted by Crippen LogP contribution is -1.81. The van der Waals surface area contributed by atoms with Crippen molar-refractivity contribution in [2.24, 2.45) is 9.98 Å². The van der Waals surface area contributed by atoms with Gasteiger partial charge in [-0.1, -0.05) is 0 Å². The Hall–Kier alpha value is -1.51. The number of nitrogens with zero attached hydrogens (tertiary/aromatic N) is 3. The molecule has 0 radical (unpaired) electrons. The monoisotopic (exact) mass is 145 g/mol. The first-order valence-corrected chi connectivity index (χ1v) is 3.42. The highest BCUT2D eigenvalue weighted by Gasteiger charge is 1.99. The summed E-state index contributed by atoms with van der Waals surface area (Å²) in [6.07, 6.45) is 6.91. The molecule has 1 aliphatic heterocycles. The van der Waals surface area contributed by atoms with Crippen molar-refractivity contribution in [2.45, 2.75) is 6.54 Å². The number of aromatic nitrogens is 1. The fraction of sp³-hybridized carbons (Fsp3) is 0.125. The third-order valence-electron chi connectivity index (χ3n) is 1.53. The Labute approximate surface area is 64.5 Å². The zero-order valence-electron chi connectivity index (χ0n) is 5.94. The van der Waals surface area contributed by atoms with Crippen LogP contribution in [0.4, 0.5) is 5.69 Å². The van der Waals surface area contributed by atoms with Gasteiger partial charge in [0.15, 0.2) is 0 Å². The summed E-state index contributed by atoms with van der Waals surface area (Å²) in [4.78, 5) is 12.2. The first kappa shape index (κ1) is 6.22. The van der Waals surface area contributed by atoms with Gasteiger partial charge in [-0.15, -0.1) is 0 Å². The molecule has 0 bridgehead atoms. The maximum absolute atomic E-state index is 4.15. The van der Waals surface area contributed by atoms with Crippen molar-refractivity contribution in [3.05, 3.63) is 24.0 Å². The van der Waals surface area contributed by atoms with Crippen LogP contribution in [0.2, 0.25) is 0 Å². The fourth-order valence-corrected chi connectivity index (χ4v) is 0.977. The van der Waals surface area contributed by atoms with Gasteiger partial charge in [-0.2, -0.15) is 0 Å². The van der Waals surface area contributed by atoms with Crippen molar-refractivity contribution in [1.29, 1.82) is 0 Å². The molecule has 0 amide bonds. The molecule has 0 atom stereocenters. The highest BCUT2D eigenvalue weighted by Crippen LogP contribution is 2.18. The lowest BCUT2D eigenvalue weighted by molar-refractivity contribution is 1.07. The Balaban J connectivity index is 2.52. The minimum Gasteiger partial charge on any atom is -0.287 e. The fourth-order valence-electron chi connectivity index (χ4n) is 0.977. The highest BCUT2D eigenvalue weighted by atomic mass is 14.8. The van der Waals surface area contributed by atoms with Crippen molar-refractivity contribution in [3.8, 4) is 0 Å². The third-order valence-corrected chi connectivity index (χ3v) is 1.53. The molecule has 0 spiro atoms. The Morgan fingerprint density at radius 3 is 3.27 bits per heavy atom. The lowest BCUT2D eigenvalue weighted by Gasteiger charge is -1.97. The van der Waals surface area contributed by atoms with E-state index >= 15 is 0 Å². The second-order valence-electron chi connectivity index (χ2n) is 2.27. The number of aliphatic imine (C=N–C) groups is 2. The molecule has 0 unspecified atom stereocenters. The molecule has 0 saturated heterocycles. The van der Waals surface area contributed by atoms with Crippen molar-refractivity contribution in [1.82, 2.24) is 4.98 Å². The van der Waals surface area contributed by atoms with Gasteiger partial charge in [0.2, 0.25) is 0 Å². The van der Waals surface area contributed by atoms with Gasteiger partial charge >= 0.3 is 0 Å². The number of pyridine rings is 1. The quantitative estimate of drug-likeness (QED) is 0.543. The van der Waals surface area contributed by atoms with Gasteiger partial charge in [0.25, 0.3) is 0 Å². The van der Waals surface area contributed by atoms with E-state index in [1.54, 1.807) is 24.8 Å². The summed E-state index contributed by atoms with van der Waals surface area (Å²) in [6.45, 7) is 0.706. The van der Waals surface area contributed by atoms with Gasteiger partial charge in [0.1, 0.15) is 0 Å². The van der Waals surface area contributed by atoms with Crippen LogP contribution in [-0.4, -0.2) is 17.4 Å². The average molecular weight is 145 g/mol. The molecule has 0 aliphatic carbocycles. The topological polar surface area (TPSA) is 37.6 Å². The predicted molar refractivity (Wildman–Crippen MR) is 44.6 cm³/mol. The van der Waals surface area contributed by atoms with Gasteiger partial charge in [-0.3, -0.25) is 15.0 Å². The van der Waals surface area contributed by atoms with E-state index in [-0.39, 0.29) is 0 Å². The molecule has 2 rings (SSSR count). The van der Waals surface area contributed by atoms with Crippen LogP contribution in [0.5, 0.6) is 0 Å². The molecule has 11 heavy (non-hydrogen) atoms. The molecule has 0 N–H and O–H groups in total. The SMILES string of the molecule is C1=NCc2ccncc2N=C1. The summed E-state index contributed by atoms with van der Waals surface area (Å²) in [7, 11) is 0. The molecule has 0 saturated carbocycles. The maximum atomic E-state index is 4.15. The second kappa shape index (κ2) is 2.62. The molecule has 1 aromatic rings. The standard InChI is InChI=1S/C8H7N3/c1-2-9-6-8-7(1)5-10-3-4-11-8/h1-4,6H,5H2. The third kappa shape index (κ3) is 1.17. The van der Waals surface area contributed by atoms with Crippen LogP contribution in [0.15, 0.2) is 28.4 Å². The zero-order valence-corrected chi connectivity index (χ0v) is 5.94. The summed E-state index contributed by atoms with van der Waals surface area (Å²) in [5.74, 6) is 0. The number of rotatable bonds is 0. The number of hydrogen-bond acceptors (Lipinski definition) is 3. The normalized spacial score (nSPS) is 14.2. The van der Waals surface area contributed by atoms with Gasteiger partial charge in [0.05, 0.1) is 18.4 Å². The Kier molecular flexibility index (Phi) is 1.48. The highest BCUT2D eigenvalue weighted by molar-refractivity contribution is 6.17. The van der Waals surface area contributed by atoms with E-state index in [9.17, 15) is 0 Å². The van der Waals surface area contributed by atoms with E-state index < -0.39 is 0 Å². The molecule has 1 aliphatic rings. The van der Waals surface area contributed by atoms with Crippen LogP contribution in [0, 0.1) is 0 Å². The lowest BCUT2D eigenvalue weighted by atomic mass is 10.2. The van der Waals surface area contributed by atoms with E-state index in [4.69, 9.17) is 0 Å². The first-order valence-electron chi connectivity index (χ1n) is 3.42. The molecular formula is C8H7N3. The van der Waals surface area contributed by atoms with Crippen LogP contribution in [0.3, 0.4) is 0 Å². The Morgan fingerprint density at radius 2 is 2.27 bits per heavy atom. The van der Waals surface area contributed by atoms with Crippen LogP contribution in [-0.2, 0) is 6.54 Å². The summed E-state index contributed by atoms with van der Waals surface area (Å²) in [5.41, 5.74) is 2.05. The molecule has 3 nitrogen and oxygen atoms in total. The van der Waals surface area contributed by atoms with E-state index in [0.29, 0.717) is 6.54 Å². The number of hydrogen-bond donors (Lipinski definition) is 0. The van der Waals surface area contributed by atoms with Crippen LogP contribution in [0.25, 0.3) is 0 Å². The van der Waals surface area contributed by atoms with Crippen molar-refractivity contribution < 1.29 is 0 Å². The van der Waals surface area contributed by atoms with Crippen molar-refractivity contribution in [3.63, 3.8) is 0 Å². The van der Waals surface area contributed by atoms with Crippen molar-refractivity contribution in [2.75, 3.05) is 0 Å². The van der Waals surface area contributed by atoms with Gasteiger partial charge in [0, 0.05) is 24.2 Å². The second-order valence-corrected chi connectivity index (χ2v) is 2.27. The largest absolute Gasteiger partial charge is 0.287 e. The Morgan fingerprint density at radius 1 is 1.27 bits per heavy atom. The Bertz CT molecular complexity index is 315. The van der Waals surface area contributed by atoms with Gasteiger partial charge in [-0.25, -0.2) is 0 Å². The maximum Gasteiger partial charge on any atom is 0.0864 e. The molecule has 3 heteroatoms. The summed E-state index contributed by atoms with van der Waals surface area (Å²) < 4.78 is 0. The average Bonchev–Trinajstić information content (AvgIpc) is 2.28. The van der Waals surface area contributed by atoms with Crippen LogP contribution in [0.1, 0.15) is 5.56 Å². The smallest absolute Gasteiger partial charge is 0.0864 e. The predicted octanol–water partition coefficient (Wildman–Crippen LogP) is 1.37. The molecule has 0 aromatic carbocycles. The van der Waals surface area contributed by atoms with E-state index in [1.807, 2.05) is 6.07 Å². The van der Waals surface area contributed by atoms with E-state index in [0.717, 1.165) is 11.3 Å². The number of fused-ring (bicyclic) bond motifs is 1. The molecular weight excluding hydrogens is 138 g/mol. The van der Waals surface area contributed by atoms with Gasteiger partial charge < -0.3 is 0 Å². The van der Waals surface area contributed by atoms with Crippen LogP contribution >= 0.6 is 0 Å². The molecule has 1 aromatic heterocycles.